The molecule has 1 N–H and O–H groups in total. The number of hydrogen-bond donors (Lipinski definition) is 1. The molecule has 3 aliphatic rings. The van der Waals surface area contributed by atoms with Gasteiger partial charge in [-0.1, -0.05) is 20.8 Å². The second-order valence-electron chi connectivity index (χ2n) is 6.84. The topological polar surface area (TPSA) is 20.2 Å². The molecule has 1 aliphatic heterocycles. The van der Waals surface area contributed by atoms with E-state index in [0.717, 1.165) is 12.3 Å². The van der Waals surface area contributed by atoms with E-state index in [1.165, 1.54) is 30.8 Å². The van der Waals surface area contributed by atoms with Gasteiger partial charge in [-0.2, -0.15) is 0 Å². The molecule has 0 spiro atoms. The van der Waals surface area contributed by atoms with Crippen LogP contribution in [-0.4, -0.2) is 26.8 Å². The van der Waals surface area contributed by atoms with Gasteiger partial charge in [0.2, 0.25) is 0 Å². The zero-order chi connectivity index (χ0) is 12.3. The van der Waals surface area contributed by atoms with Crippen molar-refractivity contribution in [3.8, 4) is 0 Å². The number of thioether (sulfide) groups is 2. The van der Waals surface area contributed by atoms with Gasteiger partial charge in [0.1, 0.15) is 0 Å². The normalized spacial score (nSPS) is 49.8. The maximum Gasteiger partial charge on any atom is 0.0918 e. The van der Waals surface area contributed by atoms with Crippen LogP contribution < -0.4 is 0 Å². The largest absolute Gasteiger partial charge is 0.387 e. The van der Waals surface area contributed by atoms with Gasteiger partial charge in [0.25, 0.3) is 0 Å². The zero-order valence-electron chi connectivity index (χ0n) is 11.2. The highest BCUT2D eigenvalue weighted by Gasteiger charge is 2.70. The summed E-state index contributed by atoms with van der Waals surface area (Å²) in [4.78, 5) is 0. The number of fused-ring (bicyclic) bond motifs is 2. The summed E-state index contributed by atoms with van der Waals surface area (Å²) in [7, 11) is 0. The second kappa shape index (κ2) is 3.83. The Kier molecular flexibility index (Phi) is 2.86. The molecule has 1 heterocycles. The predicted molar refractivity (Wildman–Crippen MR) is 77.5 cm³/mol. The molecule has 0 unspecified atom stereocenters. The van der Waals surface area contributed by atoms with E-state index in [1.807, 2.05) is 23.5 Å². The fourth-order valence-electron chi connectivity index (χ4n) is 4.45. The molecule has 0 amide bonds. The van der Waals surface area contributed by atoms with Crippen LogP contribution in [0.5, 0.6) is 0 Å². The summed E-state index contributed by atoms with van der Waals surface area (Å²) < 4.78 is 0.422. The van der Waals surface area contributed by atoms with E-state index in [-0.39, 0.29) is 5.41 Å². The lowest BCUT2D eigenvalue weighted by Crippen LogP contribution is -2.53. The quantitative estimate of drug-likeness (QED) is 0.785. The Morgan fingerprint density at radius 2 is 1.76 bits per heavy atom. The predicted octanol–water partition coefficient (Wildman–Crippen LogP) is 3.76. The third kappa shape index (κ3) is 1.45. The van der Waals surface area contributed by atoms with Gasteiger partial charge >= 0.3 is 0 Å². The van der Waals surface area contributed by atoms with E-state index in [1.54, 1.807) is 0 Å². The van der Waals surface area contributed by atoms with Crippen molar-refractivity contribution in [2.45, 2.75) is 56.6 Å². The van der Waals surface area contributed by atoms with Crippen LogP contribution >= 0.6 is 23.5 Å². The van der Waals surface area contributed by atoms with E-state index in [0.29, 0.717) is 10.00 Å². The van der Waals surface area contributed by atoms with Crippen LogP contribution in [0.4, 0.5) is 0 Å². The highest BCUT2D eigenvalue weighted by molar-refractivity contribution is 8.17. The second-order valence-corrected chi connectivity index (χ2v) is 9.57. The highest BCUT2D eigenvalue weighted by Crippen LogP contribution is 2.72. The third-order valence-corrected chi connectivity index (χ3v) is 9.42. The maximum atomic E-state index is 11.4. The first-order valence-corrected chi connectivity index (χ1v) is 8.97. The van der Waals surface area contributed by atoms with Crippen LogP contribution in [0.15, 0.2) is 0 Å². The minimum atomic E-state index is -0.421. The molecule has 3 heteroatoms. The van der Waals surface area contributed by atoms with Crippen molar-refractivity contribution in [1.82, 2.24) is 0 Å². The lowest BCUT2D eigenvalue weighted by atomic mass is 9.65. The first-order chi connectivity index (χ1) is 7.92. The first kappa shape index (κ1) is 12.7. The summed E-state index contributed by atoms with van der Waals surface area (Å²) in [5.74, 6) is 3.21. The van der Waals surface area contributed by atoms with Crippen molar-refractivity contribution in [3.63, 3.8) is 0 Å². The molecule has 1 saturated heterocycles. The van der Waals surface area contributed by atoms with E-state index >= 15 is 0 Å². The SMILES string of the molecule is CC1(C)[C@@H]2CC[C@@]1(C)[C@@](O)(C1SCCCS1)C2. The van der Waals surface area contributed by atoms with E-state index < -0.39 is 5.60 Å². The molecule has 0 aromatic heterocycles. The third-order valence-electron chi connectivity index (χ3n) is 6.17. The van der Waals surface area contributed by atoms with Gasteiger partial charge in [0.05, 0.1) is 10.2 Å². The Balaban J connectivity index is 1.93. The summed E-state index contributed by atoms with van der Waals surface area (Å²) >= 11 is 4.02. The van der Waals surface area contributed by atoms with Crippen LogP contribution in [-0.2, 0) is 0 Å². The molecule has 3 fully saturated rings. The van der Waals surface area contributed by atoms with E-state index in [4.69, 9.17) is 0 Å². The Labute approximate surface area is 114 Å². The average Bonchev–Trinajstić information content (AvgIpc) is 2.62. The molecule has 98 valence electrons. The first-order valence-electron chi connectivity index (χ1n) is 6.87. The van der Waals surface area contributed by atoms with Crippen molar-refractivity contribution in [2.75, 3.05) is 11.5 Å². The van der Waals surface area contributed by atoms with Gasteiger partial charge in [-0.05, 0) is 48.5 Å². The summed E-state index contributed by atoms with van der Waals surface area (Å²) in [5.41, 5.74) is 0.0299. The summed E-state index contributed by atoms with van der Waals surface area (Å²) in [6, 6.07) is 0. The Morgan fingerprint density at radius 3 is 2.24 bits per heavy atom. The number of aliphatic hydroxyl groups is 1. The van der Waals surface area contributed by atoms with Crippen molar-refractivity contribution in [3.05, 3.63) is 0 Å². The van der Waals surface area contributed by atoms with Crippen LogP contribution in [0.2, 0.25) is 0 Å². The van der Waals surface area contributed by atoms with Crippen LogP contribution in [0, 0.1) is 16.7 Å². The molecule has 3 rings (SSSR count). The van der Waals surface area contributed by atoms with Gasteiger partial charge in [0.15, 0.2) is 0 Å². The van der Waals surface area contributed by atoms with Crippen molar-refractivity contribution in [1.29, 1.82) is 0 Å². The molecule has 0 aromatic rings. The molecule has 2 bridgehead atoms. The van der Waals surface area contributed by atoms with Crippen LogP contribution in [0.25, 0.3) is 0 Å². The Bertz CT molecular complexity index is 324. The molecular formula is C14H24OS2. The monoisotopic (exact) mass is 272 g/mol. The minimum Gasteiger partial charge on any atom is -0.387 e. The molecule has 1 nitrogen and oxygen atoms in total. The van der Waals surface area contributed by atoms with E-state index in [2.05, 4.69) is 20.8 Å². The van der Waals surface area contributed by atoms with Gasteiger partial charge in [0, 0.05) is 5.41 Å². The zero-order valence-corrected chi connectivity index (χ0v) is 12.8. The van der Waals surface area contributed by atoms with Gasteiger partial charge in [-0.25, -0.2) is 0 Å². The average molecular weight is 272 g/mol. The summed E-state index contributed by atoms with van der Waals surface area (Å²) in [6.45, 7) is 7.14. The van der Waals surface area contributed by atoms with Gasteiger partial charge in [-0.15, -0.1) is 23.5 Å². The number of rotatable bonds is 1. The van der Waals surface area contributed by atoms with Crippen LogP contribution in [0.1, 0.15) is 46.5 Å². The van der Waals surface area contributed by atoms with Crippen molar-refractivity contribution >= 4 is 23.5 Å². The Hall–Kier alpha value is 0.660. The van der Waals surface area contributed by atoms with Gasteiger partial charge in [-0.3, -0.25) is 0 Å². The summed E-state index contributed by atoms with van der Waals surface area (Å²) in [6.07, 6.45) is 4.90. The highest BCUT2D eigenvalue weighted by atomic mass is 32.2. The lowest BCUT2D eigenvalue weighted by Gasteiger charge is -2.49. The molecule has 2 aliphatic carbocycles. The Morgan fingerprint density at radius 1 is 1.12 bits per heavy atom. The standard InChI is InChI=1S/C14H24OS2/c1-12(2)10-5-6-13(12,3)14(15,9-10)11-16-7-4-8-17-11/h10-11,15H,4-9H2,1-3H3/t10-,13-,14+/m1/s1. The molecule has 0 aromatic carbocycles. The fourth-order valence-corrected chi connectivity index (χ4v) is 7.91. The van der Waals surface area contributed by atoms with Gasteiger partial charge < -0.3 is 5.11 Å². The molecule has 2 saturated carbocycles. The maximum absolute atomic E-state index is 11.4. The molecule has 0 radical (unpaired) electrons. The van der Waals surface area contributed by atoms with Crippen LogP contribution in [0.3, 0.4) is 0 Å². The smallest absolute Gasteiger partial charge is 0.0918 e. The van der Waals surface area contributed by atoms with Crippen molar-refractivity contribution in [2.24, 2.45) is 16.7 Å². The lowest BCUT2D eigenvalue weighted by molar-refractivity contribution is -0.0764. The summed E-state index contributed by atoms with van der Waals surface area (Å²) in [5, 5.41) is 11.4. The molecule has 3 atom stereocenters. The van der Waals surface area contributed by atoms with E-state index in [9.17, 15) is 5.11 Å². The fraction of sp³-hybridized carbons (Fsp3) is 1.00. The molecular weight excluding hydrogens is 248 g/mol. The number of hydrogen-bond acceptors (Lipinski definition) is 3. The van der Waals surface area contributed by atoms with Crippen molar-refractivity contribution < 1.29 is 5.11 Å². The minimum absolute atomic E-state index is 0.132. The molecule has 17 heavy (non-hydrogen) atoms.